The Hall–Kier alpha value is -3.24. The third-order valence-electron chi connectivity index (χ3n) is 7.84. The van der Waals surface area contributed by atoms with Gasteiger partial charge in [-0.15, -0.1) is 0 Å². The molecule has 4 atom stereocenters. The van der Waals surface area contributed by atoms with Crippen molar-refractivity contribution < 1.29 is 14.3 Å². The number of carbonyl (C=O) groups is 2. The van der Waals surface area contributed by atoms with Gasteiger partial charge in [0.15, 0.2) is 0 Å². The van der Waals surface area contributed by atoms with Gasteiger partial charge >= 0.3 is 0 Å². The lowest BCUT2D eigenvalue weighted by Gasteiger charge is -2.23. The summed E-state index contributed by atoms with van der Waals surface area (Å²) in [6, 6.07) is 16.7. The summed E-state index contributed by atoms with van der Waals surface area (Å²) in [7, 11) is 0. The molecule has 144 valence electrons. The molecule has 1 N–H and O–H groups in total. The molecule has 1 fully saturated rings. The highest BCUT2D eigenvalue weighted by Crippen LogP contribution is 2.64. The van der Waals surface area contributed by atoms with Crippen molar-refractivity contribution >= 4 is 11.8 Å². The van der Waals surface area contributed by atoms with Gasteiger partial charge in [-0.25, -0.2) is 0 Å². The number of hydrogen-bond donors (Lipinski definition) is 1. The topological polar surface area (TPSA) is 55.4 Å². The van der Waals surface area contributed by atoms with E-state index in [0.717, 1.165) is 35.1 Å². The first-order valence-corrected chi connectivity index (χ1v) is 10.7. The largest absolute Gasteiger partial charge is 0.373 e. The molecule has 4 heteroatoms. The molecule has 8 rings (SSSR count). The van der Waals surface area contributed by atoms with Crippen molar-refractivity contribution in [2.24, 2.45) is 0 Å². The third-order valence-corrected chi connectivity index (χ3v) is 7.84. The molecule has 3 aliphatic heterocycles. The summed E-state index contributed by atoms with van der Waals surface area (Å²) in [4.78, 5) is 26.1. The minimum absolute atomic E-state index is 0.123. The van der Waals surface area contributed by atoms with Crippen LogP contribution in [0.1, 0.15) is 67.6 Å². The van der Waals surface area contributed by atoms with Crippen molar-refractivity contribution in [2.45, 2.75) is 36.9 Å². The van der Waals surface area contributed by atoms with Crippen molar-refractivity contribution in [1.29, 1.82) is 0 Å². The van der Waals surface area contributed by atoms with E-state index in [1.807, 2.05) is 12.1 Å². The number of carbonyl (C=O) groups excluding carboxylic acids is 2. The lowest BCUT2D eigenvalue weighted by atomic mass is 9.77. The van der Waals surface area contributed by atoms with Gasteiger partial charge < -0.3 is 4.74 Å². The van der Waals surface area contributed by atoms with E-state index in [-0.39, 0.29) is 35.9 Å². The van der Waals surface area contributed by atoms with Crippen LogP contribution in [0.2, 0.25) is 0 Å². The van der Waals surface area contributed by atoms with Crippen molar-refractivity contribution in [1.82, 2.24) is 5.32 Å². The highest BCUT2D eigenvalue weighted by Gasteiger charge is 2.54. The van der Waals surface area contributed by atoms with Gasteiger partial charge in [-0.2, -0.15) is 0 Å². The molecule has 0 aromatic heterocycles. The molecule has 5 aliphatic rings. The lowest BCUT2D eigenvalue weighted by Crippen LogP contribution is -2.20. The number of ether oxygens (including phenoxy) is 1. The quantitative estimate of drug-likeness (QED) is 0.580. The summed E-state index contributed by atoms with van der Waals surface area (Å²) in [6.45, 7) is 0. The fraction of sp³-hybridized carbons (Fsp3) is 0.231. The standard InChI is InChI=1S/C26H17NO3/c28-25-23-19-13-7-3-1-5-11(13)17-15-9-10-16(30-15)18-12-6-2-4-8-14(12)20(22(18)21(17)19)24(23)26(29)27-25/h1-8,15-18H,9-10H2,(H,27,28,29). The van der Waals surface area contributed by atoms with Crippen molar-refractivity contribution in [3.63, 3.8) is 0 Å². The zero-order chi connectivity index (χ0) is 19.7. The number of rotatable bonds is 0. The molecule has 4 nitrogen and oxygen atoms in total. The molecule has 0 radical (unpaired) electrons. The molecule has 2 bridgehead atoms. The number of fused-ring (bicyclic) bond motifs is 13. The lowest BCUT2D eigenvalue weighted by molar-refractivity contribution is 0.0356. The van der Waals surface area contributed by atoms with E-state index >= 15 is 0 Å². The SMILES string of the molecule is O=C1NC(=O)c2c1c1c3c4c2-c2ccccc2C4C2CCC(O2)C3c2ccccc2-1. The smallest absolute Gasteiger partial charge is 0.259 e. The fourth-order valence-corrected chi connectivity index (χ4v) is 6.93. The van der Waals surface area contributed by atoms with Crippen molar-refractivity contribution in [3.05, 3.63) is 81.9 Å². The molecule has 3 aromatic carbocycles. The van der Waals surface area contributed by atoms with Gasteiger partial charge in [0, 0.05) is 11.8 Å². The van der Waals surface area contributed by atoms with Crippen LogP contribution in [-0.4, -0.2) is 24.0 Å². The van der Waals surface area contributed by atoms with Crippen LogP contribution >= 0.6 is 0 Å². The average molecular weight is 391 g/mol. The zero-order valence-electron chi connectivity index (χ0n) is 16.1. The van der Waals surface area contributed by atoms with Gasteiger partial charge in [0.05, 0.1) is 23.3 Å². The Kier molecular flexibility index (Phi) is 2.55. The van der Waals surface area contributed by atoms with Gasteiger partial charge in [-0.3, -0.25) is 14.9 Å². The summed E-state index contributed by atoms with van der Waals surface area (Å²) in [5.41, 5.74) is 10.2. The van der Waals surface area contributed by atoms with E-state index in [4.69, 9.17) is 4.74 Å². The Balaban J connectivity index is 1.63. The van der Waals surface area contributed by atoms with Crippen molar-refractivity contribution in [3.8, 4) is 22.3 Å². The maximum absolute atomic E-state index is 13.0. The number of benzene rings is 3. The van der Waals surface area contributed by atoms with Gasteiger partial charge in [-0.1, -0.05) is 48.5 Å². The molecular weight excluding hydrogens is 374 g/mol. The van der Waals surface area contributed by atoms with E-state index < -0.39 is 0 Å². The Bertz CT molecular complexity index is 1270. The highest BCUT2D eigenvalue weighted by molar-refractivity contribution is 6.28. The summed E-state index contributed by atoms with van der Waals surface area (Å²) in [5, 5.41) is 2.60. The van der Waals surface area contributed by atoms with Gasteiger partial charge in [0.25, 0.3) is 11.8 Å². The molecule has 4 unspecified atom stereocenters. The molecular formula is C26H17NO3. The Morgan fingerprint density at radius 2 is 1.13 bits per heavy atom. The molecule has 1 saturated heterocycles. The summed E-state index contributed by atoms with van der Waals surface area (Å²) in [5.74, 6) is -0.280. The first-order chi connectivity index (χ1) is 14.7. The van der Waals surface area contributed by atoms with E-state index in [1.54, 1.807) is 0 Å². The molecule has 2 amide bonds. The van der Waals surface area contributed by atoms with Crippen LogP contribution in [0.5, 0.6) is 0 Å². The maximum atomic E-state index is 13.0. The minimum atomic E-state index is -0.268. The molecule has 3 aromatic rings. The Morgan fingerprint density at radius 1 is 0.667 bits per heavy atom. The molecule has 0 saturated carbocycles. The van der Waals surface area contributed by atoms with Crippen LogP contribution < -0.4 is 5.32 Å². The first-order valence-electron chi connectivity index (χ1n) is 10.7. The summed E-state index contributed by atoms with van der Waals surface area (Å²) in [6.07, 6.45) is 2.30. The summed E-state index contributed by atoms with van der Waals surface area (Å²) >= 11 is 0. The van der Waals surface area contributed by atoms with Crippen molar-refractivity contribution in [2.75, 3.05) is 0 Å². The average Bonchev–Trinajstić information content (AvgIpc) is 3.46. The van der Waals surface area contributed by atoms with E-state index in [0.29, 0.717) is 11.1 Å². The minimum Gasteiger partial charge on any atom is -0.373 e. The second-order valence-corrected chi connectivity index (χ2v) is 9.03. The summed E-state index contributed by atoms with van der Waals surface area (Å²) < 4.78 is 6.69. The van der Waals surface area contributed by atoms with Gasteiger partial charge in [-0.05, 0) is 57.3 Å². The van der Waals surface area contributed by atoms with Crippen LogP contribution in [0.3, 0.4) is 0 Å². The normalized spacial score (nSPS) is 28.0. The van der Waals surface area contributed by atoms with Crippen LogP contribution in [0.15, 0.2) is 48.5 Å². The Morgan fingerprint density at radius 3 is 1.63 bits per heavy atom. The Labute approximate surface area is 172 Å². The molecule has 0 spiro atoms. The van der Waals surface area contributed by atoms with E-state index in [1.165, 1.54) is 22.3 Å². The molecule has 2 aliphatic carbocycles. The fourth-order valence-electron chi connectivity index (χ4n) is 6.93. The number of hydrogen-bond acceptors (Lipinski definition) is 3. The molecule has 3 heterocycles. The van der Waals surface area contributed by atoms with Gasteiger partial charge in [0.2, 0.25) is 0 Å². The maximum Gasteiger partial charge on any atom is 0.259 e. The van der Waals surface area contributed by atoms with Crippen LogP contribution in [-0.2, 0) is 4.74 Å². The van der Waals surface area contributed by atoms with Crippen LogP contribution in [0, 0.1) is 0 Å². The van der Waals surface area contributed by atoms with Gasteiger partial charge in [0.1, 0.15) is 0 Å². The highest BCUT2D eigenvalue weighted by atomic mass is 16.5. The number of nitrogens with one attached hydrogen (secondary N) is 1. The second kappa shape index (κ2) is 4.90. The third kappa shape index (κ3) is 1.52. The van der Waals surface area contributed by atoms with E-state index in [9.17, 15) is 9.59 Å². The monoisotopic (exact) mass is 391 g/mol. The first kappa shape index (κ1) is 15.6. The van der Waals surface area contributed by atoms with Crippen LogP contribution in [0.4, 0.5) is 0 Å². The second-order valence-electron chi connectivity index (χ2n) is 9.03. The molecule has 30 heavy (non-hydrogen) atoms. The van der Waals surface area contributed by atoms with Crippen LogP contribution in [0.25, 0.3) is 22.3 Å². The van der Waals surface area contributed by atoms with E-state index in [2.05, 4.69) is 41.7 Å². The number of amides is 2. The predicted octanol–water partition coefficient (Wildman–Crippen LogP) is 4.36. The predicted molar refractivity (Wildman–Crippen MR) is 111 cm³/mol. The zero-order valence-corrected chi connectivity index (χ0v) is 16.1. The number of imide groups is 1.